The van der Waals surface area contributed by atoms with E-state index in [0.717, 1.165) is 0 Å². The Morgan fingerprint density at radius 3 is 2.09 bits per heavy atom. The van der Waals surface area contributed by atoms with Crippen LogP contribution in [0.3, 0.4) is 0 Å². The van der Waals surface area contributed by atoms with Crippen molar-refractivity contribution in [1.82, 2.24) is 9.80 Å². The second-order valence-electron chi connectivity index (χ2n) is 5.16. The molecule has 1 saturated heterocycles. The van der Waals surface area contributed by atoms with Crippen LogP contribution in [0, 0.1) is 0 Å². The van der Waals surface area contributed by atoms with Crippen LogP contribution in [0.4, 0.5) is 0 Å². The molecule has 0 unspecified atom stereocenters. The maximum absolute atomic E-state index is 12.5. The Morgan fingerprint density at radius 1 is 1.04 bits per heavy atom. The first kappa shape index (κ1) is 20.0. The fourth-order valence-corrected chi connectivity index (χ4v) is 2.99. The van der Waals surface area contributed by atoms with Crippen molar-refractivity contribution in [3.8, 4) is 0 Å². The minimum atomic E-state index is -0.190. The van der Waals surface area contributed by atoms with E-state index in [0.29, 0.717) is 61.2 Å². The molecule has 128 valence electrons. The maximum atomic E-state index is 12.5. The third-order valence-corrected chi connectivity index (χ3v) is 4.32. The zero-order valence-electron chi connectivity index (χ0n) is 12.6. The molecule has 8 heteroatoms. The Bertz CT molecular complexity index is 541. The van der Waals surface area contributed by atoms with E-state index in [1.54, 1.807) is 28.0 Å². The molecular weight excluding hydrogens is 361 g/mol. The van der Waals surface area contributed by atoms with Gasteiger partial charge in [-0.2, -0.15) is 0 Å². The van der Waals surface area contributed by atoms with Gasteiger partial charge in [-0.3, -0.25) is 9.59 Å². The standard InChI is InChI=1S/C15H19Cl2N3O2.ClH/c16-11-3-1-4-12(17)14(11)15(22)20-9-7-19(8-10-20)13(21)5-2-6-18;/h1,3-4H,2,5-10,18H2;1H. The zero-order valence-corrected chi connectivity index (χ0v) is 15.0. The highest BCUT2D eigenvalue weighted by molar-refractivity contribution is 6.39. The van der Waals surface area contributed by atoms with Crippen LogP contribution >= 0.6 is 35.6 Å². The quantitative estimate of drug-likeness (QED) is 0.872. The lowest BCUT2D eigenvalue weighted by atomic mass is 10.1. The molecule has 0 spiro atoms. The van der Waals surface area contributed by atoms with Crippen LogP contribution in [-0.4, -0.2) is 54.3 Å². The van der Waals surface area contributed by atoms with E-state index in [1.807, 2.05) is 0 Å². The Labute approximate surface area is 152 Å². The Balaban J connectivity index is 0.00000264. The van der Waals surface area contributed by atoms with Gasteiger partial charge in [0, 0.05) is 32.6 Å². The number of carbonyl (C=O) groups is 2. The van der Waals surface area contributed by atoms with Crippen LogP contribution in [0.1, 0.15) is 23.2 Å². The van der Waals surface area contributed by atoms with Crippen molar-refractivity contribution >= 4 is 47.4 Å². The maximum Gasteiger partial charge on any atom is 0.257 e. The summed E-state index contributed by atoms with van der Waals surface area (Å²) in [5, 5.41) is 0.693. The van der Waals surface area contributed by atoms with Crippen molar-refractivity contribution in [1.29, 1.82) is 0 Å². The number of carbonyl (C=O) groups excluding carboxylic acids is 2. The number of hydrogen-bond donors (Lipinski definition) is 1. The number of nitrogens with zero attached hydrogens (tertiary/aromatic N) is 2. The molecule has 1 aromatic rings. The predicted molar refractivity (Wildman–Crippen MR) is 94.5 cm³/mol. The van der Waals surface area contributed by atoms with E-state index in [-0.39, 0.29) is 24.2 Å². The van der Waals surface area contributed by atoms with Crippen LogP contribution in [0.5, 0.6) is 0 Å². The minimum absolute atomic E-state index is 0. The van der Waals surface area contributed by atoms with E-state index in [1.165, 1.54) is 0 Å². The average Bonchev–Trinajstić information content (AvgIpc) is 2.52. The summed E-state index contributed by atoms with van der Waals surface area (Å²) >= 11 is 12.1. The SMILES string of the molecule is Cl.NCCCC(=O)N1CCN(C(=O)c2c(Cl)cccc2Cl)CC1. The number of rotatable bonds is 4. The smallest absolute Gasteiger partial charge is 0.257 e. The van der Waals surface area contributed by atoms with Gasteiger partial charge in [0.05, 0.1) is 15.6 Å². The highest BCUT2D eigenvalue weighted by atomic mass is 35.5. The number of nitrogens with two attached hydrogens (primary N) is 1. The van der Waals surface area contributed by atoms with Crippen LogP contribution in [0.25, 0.3) is 0 Å². The Hall–Kier alpha value is -1.01. The summed E-state index contributed by atoms with van der Waals surface area (Å²) in [4.78, 5) is 27.9. The topological polar surface area (TPSA) is 66.6 Å². The summed E-state index contributed by atoms with van der Waals surface area (Å²) in [5.74, 6) is -0.0991. The lowest BCUT2D eigenvalue weighted by Crippen LogP contribution is -2.50. The van der Waals surface area contributed by atoms with E-state index < -0.39 is 0 Å². The lowest BCUT2D eigenvalue weighted by molar-refractivity contribution is -0.132. The van der Waals surface area contributed by atoms with Crippen molar-refractivity contribution < 1.29 is 9.59 Å². The number of hydrogen-bond acceptors (Lipinski definition) is 3. The molecule has 1 heterocycles. The molecule has 0 atom stereocenters. The normalized spacial score (nSPS) is 14.4. The first-order valence-corrected chi connectivity index (χ1v) is 8.01. The number of halogens is 3. The highest BCUT2D eigenvalue weighted by Gasteiger charge is 2.26. The van der Waals surface area contributed by atoms with Crippen molar-refractivity contribution in [2.75, 3.05) is 32.7 Å². The largest absolute Gasteiger partial charge is 0.339 e. The molecular formula is C15H20Cl3N3O2. The summed E-state index contributed by atoms with van der Waals surface area (Å²) in [7, 11) is 0. The van der Waals surface area contributed by atoms with Crippen molar-refractivity contribution in [3.63, 3.8) is 0 Å². The molecule has 5 nitrogen and oxygen atoms in total. The molecule has 0 aromatic heterocycles. The van der Waals surface area contributed by atoms with Crippen molar-refractivity contribution in [2.24, 2.45) is 5.73 Å². The monoisotopic (exact) mass is 379 g/mol. The fourth-order valence-electron chi connectivity index (χ4n) is 2.43. The van der Waals surface area contributed by atoms with Gasteiger partial charge in [-0.1, -0.05) is 29.3 Å². The third-order valence-electron chi connectivity index (χ3n) is 3.69. The molecule has 1 aliphatic heterocycles. The number of amides is 2. The van der Waals surface area contributed by atoms with Crippen LogP contribution in [-0.2, 0) is 4.79 Å². The van der Waals surface area contributed by atoms with E-state index in [2.05, 4.69) is 0 Å². The molecule has 1 aliphatic rings. The van der Waals surface area contributed by atoms with Crippen LogP contribution < -0.4 is 5.73 Å². The summed E-state index contributed by atoms with van der Waals surface area (Å²) < 4.78 is 0. The Morgan fingerprint density at radius 2 is 1.57 bits per heavy atom. The summed E-state index contributed by atoms with van der Waals surface area (Å²) in [6, 6.07) is 5.00. The molecule has 0 radical (unpaired) electrons. The fraction of sp³-hybridized carbons (Fsp3) is 0.467. The third kappa shape index (κ3) is 4.98. The lowest BCUT2D eigenvalue weighted by Gasteiger charge is -2.35. The first-order valence-electron chi connectivity index (χ1n) is 7.25. The van der Waals surface area contributed by atoms with Gasteiger partial charge in [0.2, 0.25) is 5.91 Å². The van der Waals surface area contributed by atoms with Gasteiger partial charge < -0.3 is 15.5 Å². The zero-order chi connectivity index (χ0) is 16.1. The number of piperazine rings is 1. The molecule has 0 aliphatic carbocycles. The van der Waals surface area contributed by atoms with E-state index >= 15 is 0 Å². The van der Waals surface area contributed by atoms with Gasteiger partial charge in [-0.05, 0) is 25.1 Å². The second-order valence-corrected chi connectivity index (χ2v) is 5.98. The molecule has 2 N–H and O–H groups in total. The molecule has 0 bridgehead atoms. The molecule has 1 fully saturated rings. The second kappa shape index (κ2) is 9.33. The van der Waals surface area contributed by atoms with Crippen molar-refractivity contribution in [2.45, 2.75) is 12.8 Å². The van der Waals surface area contributed by atoms with Gasteiger partial charge >= 0.3 is 0 Å². The minimum Gasteiger partial charge on any atom is -0.339 e. The number of benzene rings is 1. The van der Waals surface area contributed by atoms with Gasteiger partial charge in [0.1, 0.15) is 0 Å². The summed E-state index contributed by atoms with van der Waals surface area (Å²) in [5.41, 5.74) is 5.74. The van der Waals surface area contributed by atoms with E-state index in [9.17, 15) is 9.59 Å². The summed E-state index contributed by atoms with van der Waals surface area (Å²) in [6.07, 6.45) is 1.15. The predicted octanol–water partition coefficient (Wildman–Crippen LogP) is 2.44. The molecule has 1 aromatic carbocycles. The van der Waals surface area contributed by atoms with Gasteiger partial charge in [-0.25, -0.2) is 0 Å². The van der Waals surface area contributed by atoms with Gasteiger partial charge in [0.15, 0.2) is 0 Å². The first-order chi connectivity index (χ1) is 10.5. The van der Waals surface area contributed by atoms with Crippen molar-refractivity contribution in [3.05, 3.63) is 33.8 Å². The molecule has 23 heavy (non-hydrogen) atoms. The van der Waals surface area contributed by atoms with Gasteiger partial charge in [0.25, 0.3) is 5.91 Å². The Kier molecular flexibility index (Phi) is 8.12. The van der Waals surface area contributed by atoms with Gasteiger partial charge in [-0.15, -0.1) is 12.4 Å². The molecule has 2 rings (SSSR count). The molecule has 2 amide bonds. The highest BCUT2D eigenvalue weighted by Crippen LogP contribution is 2.26. The summed E-state index contributed by atoms with van der Waals surface area (Å²) in [6.45, 7) is 2.52. The van der Waals surface area contributed by atoms with E-state index in [4.69, 9.17) is 28.9 Å². The molecule has 0 saturated carbocycles. The average molecular weight is 381 g/mol. The van der Waals surface area contributed by atoms with Crippen LogP contribution in [0.15, 0.2) is 18.2 Å². The van der Waals surface area contributed by atoms with Crippen LogP contribution in [0.2, 0.25) is 10.0 Å².